The van der Waals surface area contributed by atoms with Crippen LogP contribution in [0.15, 0.2) is 18.2 Å². The van der Waals surface area contributed by atoms with Gasteiger partial charge in [0.1, 0.15) is 9.84 Å². The first-order valence-electron chi connectivity index (χ1n) is 6.89. The Morgan fingerprint density at radius 2 is 1.95 bits per heavy atom. The van der Waals surface area contributed by atoms with Crippen molar-refractivity contribution in [1.82, 2.24) is 5.32 Å². The molecule has 0 aromatic heterocycles. The molecule has 1 aromatic carbocycles. The van der Waals surface area contributed by atoms with Crippen LogP contribution in [0.2, 0.25) is 0 Å². The van der Waals surface area contributed by atoms with Gasteiger partial charge in [-0.05, 0) is 37.1 Å². The van der Waals surface area contributed by atoms with E-state index in [0.29, 0.717) is 5.75 Å². The van der Waals surface area contributed by atoms with Crippen molar-refractivity contribution in [2.75, 3.05) is 30.1 Å². The van der Waals surface area contributed by atoms with Gasteiger partial charge in [-0.15, -0.1) is 0 Å². The number of thioether (sulfide) groups is 1. The maximum atomic E-state index is 11.1. The molecule has 1 atom stereocenters. The van der Waals surface area contributed by atoms with Crippen molar-refractivity contribution >= 4 is 21.6 Å². The standard InChI is InChI=1S/C15H25NO2S2/c1-5-16-15(11-19-8-9-20(4,17)18)14-7-6-12(2)13(3)10-14/h6-7,10,15-16H,5,8-9,11H2,1-4H3. The zero-order chi connectivity index (χ0) is 15.2. The zero-order valence-corrected chi connectivity index (χ0v) is 14.4. The summed E-state index contributed by atoms with van der Waals surface area (Å²) in [6.45, 7) is 7.24. The lowest BCUT2D eigenvalue weighted by Gasteiger charge is -2.19. The molecule has 20 heavy (non-hydrogen) atoms. The van der Waals surface area contributed by atoms with E-state index < -0.39 is 9.84 Å². The normalized spacial score (nSPS) is 13.4. The van der Waals surface area contributed by atoms with Gasteiger partial charge in [-0.3, -0.25) is 0 Å². The summed E-state index contributed by atoms with van der Waals surface area (Å²) in [5, 5.41) is 3.47. The van der Waals surface area contributed by atoms with E-state index in [0.717, 1.165) is 12.3 Å². The summed E-state index contributed by atoms with van der Waals surface area (Å²) in [7, 11) is -2.85. The number of hydrogen-bond donors (Lipinski definition) is 1. The van der Waals surface area contributed by atoms with Gasteiger partial charge in [0.05, 0.1) is 5.75 Å². The molecular weight excluding hydrogens is 290 g/mol. The monoisotopic (exact) mass is 315 g/mol. The molecule has 114 valence electrons. The van der Waals surface area contributed by atoms with Gasteiger partial charge in [-0.1, -0.05) is 25.1 Å². The van der Waals surface area contributed by atoms with Gasteiger partial charge in [-0.25, -0.2) is 8.42 Å². The molecule has 0 saturated heterocycles. The Labute approximate surface area is 127 Å². The van der Waals surface area contributed by atoms with Crippen molar-refractivity contribution < 1.29 is 8.42 Å². The first kappa shape index (κ1) is 17.5. The minimum Gasteiger partial charge on any atom is -0.310 e. The summed E-state index contributed by atoms with van der Waals surface area (Å²) in [6, 6.07) is 6.81. The second-order valence-corrected chi connectivity index (χ2v) is 8.57. The summed E-state index contributed by atoms with van der Waals surface area (Å²) in [5.74, 6) is 1.81. The average Bonchev–Trinajstić information content (AvgIpc) is 2.35. The maximum absolute atomic E-state index is 11.1. The minimum atomic E-state index is -2.85. The van der Waals surface area contributed by atoms with Crippen LogP contribution in [0.25, 0.3) is 0 Å². The fourth-order valence-electron chi connectivity index (χ4n) is 1.91. The zero-order valence-electron chi connectivity index (χ0n) is 12.8. The number of hydrogen-bond acceptors (Lipinski definition) is 4. The van der Waals surface area contributed by atoms with Gasteiger partial charge in [-0.2, -0.15) is 11.8 Å². The van der Waals surface area contributed by atoms with Gasteiger partial charge in [0.2, 0.25) is 0 Å². The molecule has 1 unspecified atom stereocenters. The number of benzene rings is 1. The average molecular weight is 316 g/mol. The van der Waals surface area contributed by atoms with Gasteiger partial charge >= 0.3 is 0 Å². The number of aryl methyl sites for hydroxylation is 2. The third kappa shape index (κ3) is 6.29. The molecule has 0 aliphatic rings. The SMILES string of the molecule is CCNC(CSCCS(C)(=O)=O)c1ccc(C)c(C)c1. The summed E-state index contributed by atoms with van der Waals surface area (Å²) >= 11 is 1.69. The van der Waals surface area contributed by atoms with Gasteiger partial charge in [0.15, 0.2) is 0 Å². The van der Waals surface area contributed by atoms with Crippen LogP contribution in [0.1, 0.15) is 29.7 Å². The third-order valence-corrected chi connectivity index (χ3v) is 5.53. The Morgan fingerprint density at radius 1 is 1.25 bits per heavy atom. The third-order valence-electron chi connectivity index (χ3n) is 3.27. The highest BCUT2D eigenvalue weighted by atomic mass is 32.2. The van der Waals surface area contributed by atoms with E-state index >= 15 is 0 Å². The molecule has 0 heterocycles. The molecule has 0 fully saturated rings. The van der Waals surface area contributed by atoms with Crippen molar-refractivity contribution in [3.05, 3.63) is 34.9 Å². The minimum absolute atomic E-state index is 0.253. The lowest BCUT2D eigenvalue weighted by molar-refractivity contribution is 0.602. The summed E-state index contributed by atoms with van der Waals surface area (Å²) in [5.41, 5.74) is 3.88. The van der Waals surface area contributed by atoms with E-state index in [-0.39, 0.29) is 11.8 Å². The van der Waals surface area contributed by atoms with E-state index in [2.05, 4.69) is 44.3 Å². The number of nitrogens with one attached hydrogen (secondary N) is 1. The van der Waals surface area contributed by atoms with Crippen LogP contribution >= 0.6 is 11.8 Å². The number of rotatable bonds is 8. The van der Waals surface area contributed by atoms with Gasteiger partial charge < -0.3 is 5.32 Å². The van der Waals surface area contributed by atoms with Crippen LogP contribution in [-0.4, -0.2) is 38.5 Å². The van der Waals surface area contributed by atoms with E-state index in [9.17, 15) is 8.42 Å². The summed E-state index contributed by atoms with van der Waals surface area (Å²) in [4.78, 5) is 0. The van der Waals surface area contributed by atoms with E-state index in [1.807, 2.05) is 0 Å². The highest BCUT2D eigenvalue weighted by Gasteiger charge is 2.12. The first-order valence-corrected chi connectivity index (χ1v) is 10.1. The first-order chi connectivity index (χ1) is 9.33. The predicted octanol–water partition coefficient (Wildman–Crippen LogP) is 2.73. The second kappa shape index (κ2) is 8.05. The molecule has 0 bridgehead atoms. The van der Waals surface area contributed by atoms with Crippen LogP contribution in [0.3, 0.4) is 0 Å². The molecule has 1 aromatic rings. The lowest BCUT2D eigenvalue weighted by Crippen LogP contribution is -2.23. The Kier molecular flexibility index (Phi) is 7.06. The van der Waals surface area contributed by atoms with Crippen molar-refractivity contribution in [3.8, 4) is 0 Å². The Morgan fingerprint density at radius 3 is 2.50 bits per heavy atom. The summed E-state index contributed by atoms with van der Waals surface area (Å²) < 4.78 is 22.2. The highest BCUT2D eigenvalue weighted by Crippen LogP contribution is 2.21. The molecule has 1 rings (SSSR count). The van der Waals surface area contributed by atoms with E-state index in [4.69, 9.17) is 0 Å². The van der Waals surface area contributed by atoms with E-state index in [1.54, 1.807) is 11.8 Å². The molecule has 0 aliphatic carbocycles. The fraction of sp³-hybridized carbons (Fsp3) is 0.600. The van der Waals surface area contributed by atoms with E-state index in [1.165, 1.54) is 22.9 Å². The van der Waals surface area contributed by atoms with Gasteiger partial charge in [0, 0.05) is 23.8 Å². The number of sulfone groups is 1. The van der Waals surface area contributed by atoms with Crippen molar-refractivity contribution in [1.29, 1.82) is 0 Å². The largest absolute Gasteiger partial charge is 0.310 e. The maximum Gasteiger partial charge on any atom is 0.148 e. The molecule has 0 saturated carbocycles. The Hall–Kier alpha value is -0.520. The van der Waals surface area contributed by atoms with Crippen molar-refractivity contribution in [3.63, 3.8) is 0 Å². The molecule has 3 nitrogen and oxygen atoms in total. The highest BCUT2D eigenvalue weighted by molar-refractivity contribution is 8.00. The Bertz CT molecular complexity index is 527. The smallest absolute Gasteiger partial charge is 0.148 e. The topological polar surface area (TPSA) is 46.2 Å². The predicted molar refractivity (Wildman–Crippen MR) is 89.4 cm³/mol. The lowest BCUT2D eigenvalue weighted by atomic mass is 10.0. The van der Waals surface area contributed by atoms with Crippen molar-refractivity contribution in [2.45, 2.75) is 26.8 Å². The Balaban J connectivity index is 2.62. The van der Waals surface area contributed by atoms with Crippen LogP contribution in [0.4, 0.5) is 0 Å². The van der Waals surface area contributed by atoms with Crippen molar-refractivity contribution in [2.24, 2.45) is 0 Å². The van der Waals surface area contributed by atoms with Crippen LogP contribution < -0.4 is 5.32 Å². The molecule has 0 amide bonds. The van der Waals surface area contributed by atoms with Crippen LogP contribution in [0, 0.1) is 13.8 Å². The molecule has 0 spiro atoms. The quantitative estimate of drug-likeness (QED) is 0.749. The molecule has 0 radical (unpaired) electrons. The molecule has 1 N–H and O–H groups in total. The van der Waals surface area contributed by atoms with Crippen LogP contribution in [0.5, 0.6) is 0 Å². The summed E-state index contributed by atoms with van der Waals surface area (Å²) in [6.07, 6.45) is 1.29. The molecular formula is C15H25NO2S2. The van der Waals surface area contributed by atoms with Crippen LogP contribution in [-0.2, 0) is 9.84 Å². The second-order valence-electron chi connectivity index (χ2n) is 5.16. The van der Waals surface area contributed by atoms with Gasteiger partial charge in [0.25, 0.3) is 0 Å². The fourth-order valence-corrected chi connectivity index (χ4v) is 4.31. The molecule has 5 heteroatoms. The molecule has 0 aliphatic heterocycles.